The van der Waals surface area contributed by atoms with Crippen molar-refractivity contribution in [2.24, 2.45) is 17.4 Å². The van der Waals surface area contributed by atoms with Gasteiger partial charge in [0.05, 0.1) is 6.04 Å². The third kappa shape index (κ3) is 8.80. The van der Waals surface area contributed by atoms with Gasteiger partial charge in [0, 0.05) is 6.42 Å². The Morgan fingerprint density at radius 3 is 1.89 bits per heavy atom. The summed E-state index contributed by atoms with van der Waals surface area (Å²) in [5.41, 5.74) is 11.0. The second kappa shape index (κ2) is 11.9. The first kappa shape index (κ1) is 25.3. The molecule has 0 aliphatic carbocycles. The van der Waals surface area contributed by atoms with Gasteiger partial charge >= 0.3 is 5.97 Å². The van der Waals surface area contributed by atoms with E-state index >= 15 is 0 Å². The Hall–Kier alpha value is -2.69. The van der Waals surface area contributed by atoms with Crippen LogP contribution in [0.3, 0.4) is 0 Å². The highest BCUT2D eigenvalue weighted by molar-refractivity contribution is 5.94. The number of aliphatic carboxylic acids is 1. The van der Waals surface area contributed by atoms with Crippen molar-refractivity contribution >= 4 is 29.6 Å². The number of hydrogen-bond donors (Lipinski definition) is 6. The summed E-state index contributed by atoms with van der Waals surface area (Å²) in [6, 6.07) is -4.16. The Kier molecular flexibility index (Phi) is 10.8. The first-order valence-electron chi connectivity index (χ1n) is 9.08. The smallest absolute Gasteiger partial charge is 0.325 e. The van der Waals surface area contributed by atoms with Crippen LogP contribution < -0.4 is 27.4 Å². The maximum atomic E-state index is 12.5. The van der Waals surface area contributed by atoms with Gasteiger partial charge in [0.15, 0.2) is 0 Å². The van der Waals surface area contributed by atoms with E-state index in [4.69, 9.17) is 16.6 Å². The second-order valence-corrected chi connectivity index (χ2v) is 6.78. The molecule has 0 fully saturated rings. The molecule has 8 N–H and O–H groups in total. The molecule has 5 unspecified atom stereocenters. The lowest BCUT2D eigenvalue weighted by Gasteiger charge is -2.24. The summed E-state index contributed by atoms with van der Waals surface area (Å²) >= 11 is 0. The Balaban J connectivity index is 5.05. The molecule has 28 heavy (non-hydrogen) atoms. The van der Waals surface area contributed by atoms with Crippen molar-refractivity contribution < 1.29 is 29.1 Å². The van der Waals surface area contributed by atoms with Gasteiger partial charge in [0.1, 0.15) is 18.1 Å². The number of carboxylic acids is 1. The lowest BCUT2D eigenvalue weighted by molar-refractivity contribution is -0.141. The van der Waals surface area contributed by atoms with Gasteiger partial charge in [-0.3, -0.25) is 24.0 Å². The zero-order valence-electron chi connectivity index (χ0n) is 16.7. The van der Waals surface area contributed by atoms with Gasteiger partial charge in [0.2, 0.25) is 23.6 Å². The van der Waals surface area contributed by atoms with Crippen LogP contribution in [0.2, 0.25) is 0 Å². The molecular weight excluding hydrogens is 370 g/mol. The molecule has 0 aromatic rings. The Bertz CT molecular complexity index is 597. The van der Waals surface area contributed by atoms with E-state index in [2.05, 4.69) is 16.0 Å². The lowest BCUT2D eigenvalue weighted by atomic mass is 9.98. The number of primary amides is 1. The van der Waals surface area contributed by atoms with E-state index in [0.29, 0.717) is 6.42 Å². The minimum atomic E-state index is -1.22. The molecule has 5 atom stereocenters. The summed E-state index contributed by atoms with van der Waals surface area (Å²) < 4.78 is 0. The van der Waals surface area contributed by atoms with Gasteiger partial charge in [-0.25, -0.2) is 0 Å². The first-order valence-corrected chi connectivity index (χ1v) is 9.08. The van der Waals surface area contributed by atoms with Gasteiger partial charge in [-0.15, -0.1) is 0 Å². The molecule has 0 saturated carbocycles. The van der Waals surface area contributed by atoms with Crippen LogP contribution in [0, 0.1) is 5.92 Å². The molecule has 160 valence electrons. The van der Waals surface area contributed by atoms with Gasteiger partial charge in [-0.1, -0.05) is 20.3 Å². The Morgan fingerprint density at radius 1 is 0.893 bits per heavy atom. The molecule has 0 aromatic carbocycles. The van der Waals surface area contributed by atoms with Crippen molar-refractivity contribution in [1.29, 1.82) is 0 Å². The summed E-state index contributed by atoms with van der Waals surface area (Å²) in [6.07, 6.45) is 0.430. The Labute approximate surface area is 164 Å². The molecule has 4 amide bonds. The summed E-state index contributed by atoms with van der Waals surface area (Å²) in [7, 11) is 0. The average Bonchev–Trinajstić information content (AvgIpc) is 2.62. The zero-order chi connectivity index (χ0) is 22.0. The van der Waals surface area contributed by atoms with Crippen LogP contribution in [-0.4, -0.2) is 58.9 Å². The average molecular weight is 401 g/mol. The molecule has 0 bridgehead atoms. The molecule has 0 heterocycles. The number of hydrogen-bond acceptors (Lipinski definition) is 6. The standard InChI is InChI=1S/C17H31N5O6/c1-5-8(2)13(19)16(26)22-11(6-7-12(18)23)15(25)20-9(3)14(24)21-10(4)17(27)28/h8-11,13H,5-7,19H2,1-4H3,(H2,18,23)(H,20,25)(H,21,24)(H,22,26)(H,27,28). The fourth-order valence-electron chi connectivity index (χ4n) is 2.12. The second-order valence-electron chi connectivity index (χ2n) is 6.78. The molecule has 0 spiro atoms. The van der Waals surface area contributed by atoms with E-state index in [9.17, 15) is 24.0 Å². The van der Waals surface area contributed by atoms with Crippen LogP contribution in [-0.2, 0) is 24.0 Å². The van der Waals surface area contributed by atoms with Crippen molar-refractivity contribution in [3.05, 3.63) is 0 Å². The number of rotatable bonds is 12. The lowest BCUT2D eigenvalue weighted by Crippen LogP contribution is -2.56. The largest absolute Gasteiger partial charge is 0.480 e. The van der Waals surface area contributed by atoms with Crippen LogP contribution in [0.15, 0.2) is 0 Å². The molecule has 11 heteroatoms. The van der Waals surface area contributed by atoms with Gasteiger partial charge in [-0.2, -0.15) is 0 Å². The van der Waals surface area contributed by atoms with Crippen LogP contribution >= 0.6 is 0 Å². The molecule has 0 aliphatic rings. The van der Waals surface area contributed by atoms with Crippen molar-refractivity contribution in [2.45, 2.75) is 71.1 Å². The van der Waals surface area contributed by atoms with Crippen molar-refractivity contribution in [3.63, 3.8) is 0 Å². The SMILES string of the molecule is CCC(C)C(N)C(=O)NC(CCC(N)=O)C(=O)NC(C)C(=O)NC(C)C(=O)O. The monoisotopic (exact) mass is 401 g/mol. The van der Waals surface area contributed by atoms with E-state index in [1.807, 2.05) is 6.92 Å². The van der Waals surface area contributed by atoms with Gasteiger partial charge in [0.25, 0.3) is 0 Å². The highest BCUT2D eigenvalue weighted by Crippen LogP contribution is 2.07. The predicted molar refractivity (Wildman–Crippen MR) is 101 cm³/mol. The Morgan fingerprint density at radius 2 is 1.43 bits per heavy atom. The fraction of sp³-hybridized carbons (Fsp3) is 0.706. The third-order valence-corrected chi connectivity index (χ3v) is 4.35. The van der Waals surface area contributed by atoms with Crippen LogP contribution in [0.1, 0.15) is 47.0 Å². The molecule has 0 aromatic heterocycles. The van der Waals surface area contributed by atoms with E-state index in [-0.39, 0.29) is 18.8 Å². The molecular formula is C17H31N5O6. The third-order valence-electron chi connectivity index (χ3n) is 4.35. The maximum absolute atomic E-state index is 12.5. The predicted octanol–water partition coefficient (Wildman–Crippen LogP) is -1.80. The van der Waals surface area contributed by atoms with Gasteiger partial charge in [-0.05, 0) is 26.2 Å². The molecule has 0 radical (unpaired) electrons. The van der Waals surface area contributed by atoms with Crippen molar-refractivity contribution in [1.82, 2.24) is 16.0 Å². The number of nitrogens with two attached hydrogens (primary N) is 2. The number of nitrogens with one attached hydrogen (secondary N) is 3. The number of amides is 4. The van der Waals surface area contributed by atoms with E-state index in [0.717, 1.165) is 0 Å². The highest BCUT2D eigenvalue weighted by Gasteiger charge is 2.28. The summed E-state index contributed by atoms with van der Waals surface area (Å²) in [6.45, 7) is 6.30. The quantitative estimate of drug-likeness (QED) is 0.222. The maximum Gasteiger partial charge on any atom is 0.325 e. The normalized spacial score (nSPS) is 16.0. The minimum Gasteiger partial charge on any atom is -0.480 e. The number of carboxylic acid groups (broad SMARTS) is 1. The zero-order valence-corrected chi connectivity index (χ0v) is 16.7. The molecule has 0 aliphatic heterocycles. The molecule has 0 rings (SSSR count). The van der Waals surface area contributed by atoms with Crippen LogP contribution in [0.5, 0.6) is 0 Å². The van der Waals surface area contributed by atoms with Crippen molar-refractivity contribution in [2.75, 3.05) is 0 Å². The highest BCUT2D eigenvalue weighted by atomic mass is 16.4. The fourth-order valence-corrected chi connectivity index (χ4v) is 2.12. The molecule has 11 nitrogen and oxygen atoms in total. The summed E-state index contributed by atoms with van der Waals surface area (Å²) in [5.74, 6) is -3.98. The van der Waals surface area contributed by atoms with E-state index in [1.165, 1.54) is 13.8 Å². The number of carbonyl (C=O) groups is 5. The van der Waals surface area contributed by atoms with Crippen molar-refractivity contribution in [3.8, 4) is 0 Å². The summed E-state index contributed by atoms with van der Waals surface area (Å²) in [4.78, 5) is 58.6. The number of carbonyl (C=O) groups excluding carboxylic acids is 4. The van der Waals surface area contributed by atoms with E-state index < -0.39 is 53.8 Å². The first-order chi connectivity index (χ1) is 12.9. The minimum absolute atomic E-state index is 0.0694. The van der Waals surface area contributed by atoms with Crippen LogP contribution in [0.25, 0.3) is 0 Å². The topological polar surface area (TPSA) is 194 Å². The van der Waals surface area contributed by atoms with Gasteiger partial charge < -0.3 is 32.5 Å². The van der Waals surface area contributed by atoms with Crippen LogP contribution in [0.4, 0.5) is 0 Å². The molecule has 0 saturated heterocycles. The summed E-state index contributed by atoms with van der Waals surface area (Å²) in [5, 5.41) is 15.9. The van der Waals surface area contributed by atoms with E-state index in [1.54, 1.807) is 6.92 Å².